The molecule has 1 amide bonds. The van der Waals surface area contributed by atoms with Gasteiger partial charge in [-0.05, 0) is 24.5 Å². The largest absolute Gasteiger partial charge is 0.383 e. The second kappa shape index (κ2) is 7.40. The summed E-state index contributed by atoms with van der Waals surface area (Å²) < 4.78 is 22.6. The third-order valence-corrected chi connectivity index (χ3v) is 5.49. The Balaban J connectivity index is 1.65. The first-order valence-corrected chi connectivity index (χ1v) is 9.13. The van der Waals surface area contributed by atoms with E-state index < -0.39 is 14.8 Å². The van der Waals surface area contributed by atoms with Crippen LogP contribution in [-0.4, -0.2) is 43.8 Å². The third-order valence-electron chi connectivity index (χ3n) is 3.66. The summed E-state index contributed by atoms with van der Waals surface area (Å²) in [6.45, 7) is 0.877. The van der Waals surface area contributed by atoms with E-state index >= 15 is 0 Å². The second-order valence-corrected chi connectivity index (χ2v) is 7.78. The van der Waals surface area contributed by atoms with Crippen LogP contribution >= 0.6 is 0 Å². The lowest BCUT2D eigenvalue weighted by Crippen LogP contribution is -2.30. The van der Waals surface area contributed by atoms with Crippen molar-refractivity contribution in [2.45, 2.75) is 12.8 Å². The van der Waals surface area contributed by atoms with E-state index in [1.54, 1.807) is 12.1 Å². The first-order valence-electron chi connectivity index (χ1n) is 7.31. The van der Waals surface area contributed by atoms with Gasteiger partial charge in [-0.15, -0.1) is 0 Å². The Morgan fingerprint density at radius 2 is 1.96 bits per heavy atom. The number of nitrogens with zero attached hydrogens (tertiary/aromatic N) is 1. The maximum Gasteiger partial charge on any atom is 0.269 e. The van der Waals surface area contributed by atoms with Gasteiger partial charge in [0.1, 0.15) is 0 Å². The van der Waals surface area contributed by atoms with Crippen LogP contribution in [0.5, 0.6) is 0 Å². The lowest BCUT2D eigenvalue weighted by atomic mass is 10.1. The van der Waals surface area contributed by atoms with Gasteiger partial charge in [0.05, 0.1) is 16.4 Å². The van der Waals surface area contributed by atoms with Crippen LogP contribution < -0.4 is 10.6 Å². The molecule has 1 saturated heterocycles. The van der Waals surface area contributed by atoms with Gasteiger partial charge in [-0.1, -0.05) is 0 Å². The Morgan fingerprint density at radius 1 is 1.26 bits per heavy atom. The molecule has 0 aromatic heterocycles. The standard InChI is InChI=1S/C14H19N3O5S/c18-14(9-11-5-8-23(21,22)10-11)16-7-6-15-12-1-3-13(4-2-12)17(19)20/h1-4,11,15H,5-10H2,(H,16,18). The number of sulfone groups is 1. The van der Waals surface area contributed by atoms with Gasteiger partial charge in [0, 0.05) is 37.3 Å². The zero-order chi connectivity index (χ0) is 16.9. The highest BCUT2D eigenvalue weighted by molar-refractivity contribution is 7.91. The zero-order valence-electron chi connectivity index (χ0n) is 12.5. The summed E-state index contributed by atoms with van der Waals surface area (Å²) in [7, 11) is -2.95. The Hall–Kier alpha value is -2.16. The first-order chi connectivity index (χ1) is 10.9. The smallest absolute Gasteiger partial charge is 0.269 e. The normalized spacial score (nSPS) is 19.2. The van der Waals surface area contributed by atoms with Crippen molar-refractivity contribution in [2.24, 2.45) is 5.92 Å². The van der Waals surface area contributed by atoms with Crippen molar-refractivity contribution in [1.29, 1.82) is 0 Å². The van der Waals surface area contributed by atoms with Crippen LogP contribution in [-0.2, 0) is 14.6 Å². The first kappa shape index (κ1) is 17.2. The number of hydrogen-bond acceptors (Lipinski definition) is 6. The highest BCUT2D eigenvalue weighted by Gasteiger charge is 2.29. The number of nitro benzene ring substituents is 1. The van der Waals surface area contributed by atoms with E-state index in [0.29, 0.717) is 19.5 Å². The summed E-state index contributed by atoms with van der Waals surface area (Å²) in [6.07, 6.45) is 0.785. The molecule has 1 heterocycles. The van der Waals surface area contributed by atoms with E-state index in [1.807, 2.05) is 0 Å². The molecule has 1 aliphatic heterocycles. The number of nitro groups is 1. The third kappa shape index (κ3) is 5.51. The fourth-order valence-electron chi connectivity index (χ4n) is 2.48. The summed E-state index contributed by atoms with van der Waals surface area (Å²) in [6, 6.07) is 6.01. The number of carbonyl (C=O) groups is 1. The topological polar surface area (TPSA) is 118 Å². The highest BCUT2D eigenvalue weighted by Crippen LogP contribution is 2.21. The van der Waals surface area contributed by atoms with E-state index in [9.17, 15) is 23.3 Å². The lowest BCUT2D eigenvalue weighted by Gasteiger charge is -2.10. The number of benzene rings is 1. The lowest BCUT2D eigenvalue weighted by molar-refractivity contribution is -0.384. The molecular weight excluding hydrogens is 322 g/mol. The minimum absolute atomic E-state index is 0.0235. The molecule has 0 radical (unpaired) electrons. The molecule has 8 nitrogen and oxygen atoms in total. The molecule has 0 aliphatic carbocycles. The van der Waals surface area contributed by atoms with Crippen LogP contribution in [0, 0.1) is 16.0 Å². The SMILES string of the molecule is O=C(CC1CCS(=O)(=O)C1)NCCNc1ccc([N+](=O)[O-])cc1. The second-order valence-electron chi connectivity index (χ2n) is 5.55. The van der Waals surface area contributed by atoms with E-state index in [1.165, 1.54) is 12.1 Å². The van der Waals surface area contributed by atoms with Crippen LogP contribution in [0.3, 0.4) is 0 Å². The van der Waals surface area contributed by atoms with Crippen molar-refractivity contribution >= 4 is 27.1 Å². The molecule has 1 aliphatic rings. The molecule has 1 unspecified atom stereocenters. The van der Waals surface area contributed by atoms with Crippen molar-refractivity contribution < 1.29 is 18.1 Å². The van der Waals surface area contributed by atoms with E-state index in [2.05, 4.69) is 10.6 Å². The number of carbonyl (C=O) groups excluding carboxylic acids is 1. The quantitative estimate of drug-likeness (QED) is 0.433. The summed E-state index contributed by atoms with van der Waals surface area (Å²) in [5.74, 6) is 0.0360. The van der Waals surface area contributed by atoms with Crippen LogP contribution in [0.15, 0.2) is 24.3 Å². The molecule has 1 fully saturated rings. The number of rotatable bonds is 7. The molecule has 2 rings (SSSR count). The van der Waals surface area contributed by atoms with E-state index in [-0.39, 0.29) is 35.4 Å². The Bertz CT molecular complexity index is 672. The molecule has 2 N–H and O–H groups in total. The Morgan fingerprint density at radius 3 is 2.52 bits per heavy atom. The van der Waals surface area contributed by atoms with Crippen LogP contribution in [0.2, 0.25) is 0 Å². The van der Waals surface area contributed by atoms with Crippen LogP contribution in [0.25, 0.3) is 0 Å². The average Bonchev–Trinajstić information content (AvgIpc) is 2.83. The van der Waals surface area contributed by atoms with Gasteiger partial charge in [-0.25, -0.2) is 8.42 Å². The van der Waals surface area contributed by atoms with Gasteiger partial charge >= 0.3 is 0 Å². The molecule has 0 bridgehead atoms. The summed E-state index contributed by atoms with van der Waals surface area (Å²) in [5.41, 5.74) is 0.752. The summed E-state index contributed by atoms with van der Waals surface area (Å²) >= 11 is 0. The van der Waals surface area contributed by atoms with Crippen molar-refractivity contribution in [3.63, 3.8) is 0 Å². The molecule has 23 heavy (non-hydrogen) atoms. The van der Waals surface area contributed by atoms with Crippen molar-refractivity contribution in [3.8, 4) is 0 Å². The summed E-state index contributed by atoms with van der Waals surface area (Å²) in [5, 5.41) is 16.3. The van der Waals surface area contributed by atoms with Gasteiger partial charge in [-0.3, -0.25) is 14.9 Å². The van der Waals surface area contributed by atoms with Crippen LogP contribution in [0.4, 0.5) is 11.4 Å². The van der Waals surface area contributed by atoms with Gasteiger partial charge < -0.3 is 10.6 Å². The summed E-state index contributed by atoms with van der Waals surface area (Å²) in [4.78, 5) is 21.8. The van der Waals surface area contributed by atoms with E-state index in [0.717, 1.165) is 5.69 Å². The fourth-order valence-corrected chi connectivity index (χ4v) is 4.34. The predicted octanol–water partition coefficient (Wildman–Crippen LogP) is 0.948. The average molecular weight is 341 g/mol. The van der Waals surface area contributed by atoms with Crippen LogP contribution in [0.1, 0.15) is 12.8 Å². The molecule has 1 aromatic rings. The number of hydrogen-bond donors (Lipinski definition) is 2. The van der Waals surface area contributed by atoms with Gasteiger partial charge in [0.2, 0.25) is 5.91 Å². The zero-order valence-corrected chi connectivity index (χ0v) is 13.3. The van der Waals surface area contributed by atoms with Crippen molar-refractivity contribution in [1.82, 2.24) is 5.32 Å². The maximum absolute atomic E-state index is 11.7. The maximum atomic E-state index is 11.7. The minimum Gasteiger partial charge on any atom is -0.383 e. The van der Waals surface area contributed by atoms with Crippen molar-refractivity contribution in [3.05, 3.63) is 34.4 Å². The number of non-ortho nitro benzene ring substituents is 1. The molecule has 1 atom stereocenters. The number of amides is 1. The monoisotopic (exact) mass is 341 g/mol. The van der Waals surface area contributed by atoms with Crippen molar-refractivity contribution in [2.75, 3.05) is 29.9 Å². The molecule has 126 valence electrons. The highest BCUT2D eigenvalue weighted by atomic mass is 32.2. The Kier molecular flexibility index (Phi) is 5.54. The number of nitrogens with one attached hydrogen (secondary N) is 2. The minimum atomic E-state index is -2.95. The fraction of sp³-hybridized carbons (Fsp3) is 0.500. The Labute approximate surface area is 134 Å². The van der Waals surface area contributed by atoms with Gasteiger partial charge in [0.25, 0.3) is 5.69 Å². The number of anilines is 1. The molecule has 1 aromatic carbocycles. The van der Waals surface area contributed by atoms with Gasteiger partial charge in [-0.2, -0.15) is 0 Å². The molecule has 0 spiro atoms. The van der Waals surface area contributed by atoms with E-state index in [4.69, 9.17) is 0 Å². The predicted molar refractivity (Wildman–Crippen MR) is 86.0 cm³/mol. The van der Waals surface area contributed by atoms with Gasteiger partial charge in [0.15, 0.2) is 9.84 Å². The molecular formula is C14H19N3O5S. The molecule has 0 saturated carbocycles. The molecule has 9 heteroatoms.